The predicted octanol–water partition coefficient (Wildman–Crippen LogP) is 5.18. The number of nitrogens with one attached hydrogen (secondary N) is 1. The molecule has 0 aliphatic heterocycles. The molecule has 0 fully saturated rings. The van der Waals surface area contributed by atoms with Crippen LogP contribution in [0.2, 0.25) is 0 Å². The first-order valence-corrected chi connectivity index (χ1v) is 10.1. The second-order valence-electron chi connectivity index (χ2n) is 7.49. The molecular formula is C24H20F4N2O3. The number of rotatable bonds is 8. The molecule has 0 amide bonds. The van der Waals surface area contributed by atoms with Crippen LogP contribution in [0.1, 0.15) is 11.1 Å². The Morgan fingerprint density at radius 3 is 2.42 bits per heavy atom. The standard InChI is InChI=1S/C24H20F4N2O3/c25-18-7-10-21-22(11-18)33-30-23(21)16-3-8-20(9-4-16)32-14-19(31)13-29-12-15-1-5-17(6-2-15)24(26,27)28/h1-11,19,29,31H,12-14H2. The van der Waals surface area contributed by atoms with Gasteiger partial charge in [-0.3, -0.25) is 0 Å². The molecule has 1 atom stereocenters. The van der Waals surface area contributed by atoms with Crippen molar-refractivity contribution in [3.8, 4) is 17.0 Å². The smallest absolute Gasteiger partial charge is 0.416 e. The lowest BCUT2D eigenvalue weighted by Gasteiger charge is -2.14. The highest BCUT2D eigenvalue weighted by molar-refractivity contribution is 5.91. The molecule has 0 saturated carbocycles. The van der Waals surface area contributed by atoms with Crippen LogP contribution in [0.5, 0.6) is 5.75 Å². The summed E-state index contributed by atoms with van der Waals surface area (Å²) in [5.74, 6) is 0.140. The molecule has 3 aromatic carbocycles. The summed E-state index contributed by atoms with van der Waals surface area (Å²) in [5, 5.41) is 17.8. The van der Waals surface area contributed by atoms with E-state index in [2.05, 4.69) is 10.5 Å². The summed E-state index contributed by atoms with van der Waals surface area (Å²) in [7, 11) is 0. The fourth-order valence-corrected chi connectivity index (χ4v) is 3.27. The molecule has 1 unspecified atom stereocenters. The van der Waals surface area contributed by atoms with Crippen LogP contribution < -0.4 is 10.1 Å². The molecule has 4 rings (SSSR count). The number of alkyl halides is 3. The van der Waals surface area contributed by atoms with Crippen molar-refractivity contribution < 1.29 is 31.9 Å². The van der Waals surface area contributed by atoms with Gasteiger partial charge in [-0.05, 0) is 54.1 Å². The number of benzene rings is 3. The lowest BCUT2D eigenvalue weighted by Crippen LogP contribution is -2.31. The number of aliphatic hydroxyl groups excluding tert-OH is 1. The molecule has 172 valence electrons. The van der Waals surface area contributed by atoms with E-state index >= 15 is 0 Å². The number of aromatic nitrogens is 1. The molecular weight excluding hydrogens is 440 g/mol. The predicted molar refractivity (Wildman–Crippen MR) is 114 cm³/mol. The van der Waals surface area contributed by atoms with E-state index in [1.165, 1.54) is 24.3 Å². The Hall–Kier alpha value is -3.43. The molecule has 2 N–H and O–H groups in total. The van der Waals surface area contributed by atoms with Gasteiger partial charge in [0.2, 0.25) is 0 Å². The van der Waals surface area contributed by atoms with Gasteiger partial charge >= 0.3 is 6.18 Å². The van der Waals surface area contributed by atoms with Gasteiger partial charge in [-0.15, -0.1) is 0 Å². The molecule has 0 aliphatic rings. The van der Waals surface area contributed by atoms with Crippen molar-refractivity contribution in [3.63, 3.8) is 0 Å². The number of ether oxygens (including phenoxy) is 1. The lowest BCUT2D eigenvalue weighted by molar-refractivity contribution is -0.137. The molecule has 0 spiro atoms. The van der Waals surface area contributed by atoms with E-state index in [1.54, 1.807) is 30.3 Å². The third-order valence-electron chi connectivity index (χ3n) is 4.99. The normalized spacial score (nSPS) is 12.8. The minimum Gasteiger partial charge on any atom is -0.491 e. The van der Waals surface area contributed by atoms with Crippen molar-refractivity contribution in [1.82, 2.24) is 10.5 Å². The van der Waals surface area contributed by atoms with Crippen LogP contribution in [0, 0.1) is 5.82 Å². The number of hydrogen-bond donors (Lipinski definition) is 2. The van der Waals surface area contributed by atoms with Gasteiger partial charge < -0.3 is 19.7 Å². The third-order valence-corrected chi connectivity index (χ3v) is 4.99. The van der Waals surface area contributed by atoms with E-state index in [4.69, 9.17) is 9.26 Å². The lowest BCUT2D eigenvalue weighted by atomic mass is 10.1. The van der Waals surface area contributed by atoms with E-state index in [1.807, 2.05) is 0 Å². The first kappa shape index (κ1) is 22.8. The molecule has 0 saturated heterocycles. The fourth-order valence-electron chi connectivity index (χ4n) is 3.27. The number of hydrogen-bond acceptors (Lipinski definition) is 5. The summed E-state index contributed by atoms with van der Waals surface area (Å²) in [6.45, 7) is 0.561. The third kappa shape index (κ3) is 5.68. The maximum atomic E-state index is 13.3. The van der Waals surface area contributed by atoms with Crippen molar-refractivity contribution in [2.24, 2.45) is 0 Å². The number of fused-ring (bicyclic) bond motifs is 1. The molecule has 1 heterocycles. The summed E-state index contributed by atoms with van der Waals surface area (Å²) in [6.07, 6.45) is -5.17. The van der Waals surface area contributed by atoms with Crippen LogP contribution >= 0.6 is 0 Å². The minimum atomic E-state index is -4.36. The van der Waals surface area contributed by atoms with Crippen molar-refractivity contribution in [1.29, 1.82) is 0 Å². The maximum Gasteiger partial charge on any atom is 0.416 e. The highest BCUT2D eigenvalue weighted by Gasteiger charge is 2.29. The second-order valence-corrected chi connectivity index (χ2v) is 7.49. The Morgan fingerprint density at radius 1 is 1.00 bits per heavy atom. The zero-order valence-electron chi connectivity index (χ0n) is 17.3. The molecule has 1 aromatic heterocycles. The molecule has 4 aromatic rings. The topological polar surface area (TPSA) is 67.5 Å². The maximum absolute atomic E-state index is 13.3. The van der Waals surface area contributed by atoms with Gasteiger partial charge in [0.15, 0.2) is 5.58 Å². The van der Waals surface area contributed by atoms with E-state index in [0.29, 0.717) is 34.5 Å². The van der Waals surface area contributed by atoms with Crippen LogP contribution in [-0.4, -0.2) is 29.5 Å². The van der Waals surface area contributed by atoms with Gasteiger partial charge in [0.05, 0.1) is 5.56 Å². The number of aliphatic hydroxyl groups is 1. The summed E-state index contributed by atoms with van der Waals surface area (Å²) in [5.41, 5.74) is 1.69. The molecule has 0 radical (unpaired) electrons. The largest absolute Gasteiger partial charge is 0.491 e. The molecule has 33 heavy (non-hydrogen) atoms. The SMILES string of the molecule is OC(CNCc1ccc(C(F)(F)F)cc1)COc1ccc(-c2noc3cc(F)ccc23)cc1. The summed E-state index contributed by atoms with van der Waals surface area (Å²) < 4.78 is 61.8. The van der Waals surface area contributed by atoms with E-state index < -0.39 is 23.7 Å². The van der Waals surface area contributed by atoms with Gasteiger partial charge in [-0.25, -0.2) is 4.39 Å². The number of halogens is 4. The Morgan fingerprint density at radius 2 is 1.73 bits per heavy atom. The molecule has 5 nitrogen and oxygen atoms in total. The monoisotopic (exact) mass is 460 g/mol. The first-order chi connectivity index (χ1) is 15.8. The van der Waals surface area contributed by atoms with Crippen LogP contribution in [-0.2, 0) is 12.7 Å². The van der Waals surface area contributed by atoms with Crippen LogP contribution in [0.3, 0.4) is 0 Å². The van der Waals surface area contributed by atoms with E-state index in [0.717, 1.165) is 17.7 Å². The zero-order valence-corrected chi connectivity index (χ0v) is 17.3. The fraction of sp³-hybridized carbons (Fsp3) is 0.208. The van der Waals surface area contributed by atoms with Crippen LogP contribution in [0.4, 0.5) is 17.6 Å². The van der Waals surface area contributed by atoms with E-state index in [-0.39, 0.29) is 13.2 Å². The average Bonchev–Trinajstić information content (AvgIpc) is 3.21. The summed E-state index contributed by atoms with van der Waals surface area (Å²) in [6, 6.07) is 16.1. The quantitative estimate of drug-likeness (QED) is 0.355. The van der Waals surface area contributed by atoms with Gasteiger partial charge in [-0.1, -0.05) is 17.3 Å². The van der Waals surface area contributed by atoms with Gasteiger partial charge in [0.1, 0.15) is 30.0 Å². The Labute approximate surface area is 186 Å². The van der Waals surface area contributed by atoms with Gasteiger partial charge in [-0.2, -0.15) is 13.2 Å². The van der Waals surface area contributed by atoms with Crippen molar-refractivity contribution in [2.75, 3.05) is 13.2 Å². The molecule has 0 bridgehead atoms. The Balaban J connectivity index is 1.25. The number of nitrogens with zero attached hydrogens (tertiary/aromatic N) is 1. The highest BCUT2D eigenvalue weighted by atomic mass is 19.4. The average molecular weight is 460 g/mol. The Bertz CT molecular complexity index is 1210. The van der Waals surface area contributed by atoms with E-state index in [9.17, 15) is 22.7 Å². The highest BCUT2D eigenvalue weighted by Crippen LogP contribution is 2.30. The van der Waals surface area contributed by atoms with Crippen molar-refractivity contribution in [3.05, 3.63) is 83.7 Å². The Kier molecular flexibility index (Phi) is 6.62. The summed E-state index contributed by atoms with van der Waals surface area (Å²) in [4.78, 5) is 0. The van der Waals surface area contributed by atoms with Gasteiger partial charge in [0.25, 0.3) is 0 Å². The van der Waals surface area contributed by atoms with Crippen LogP contribution in [0.25, 0.3) is 22.2 Å². The summed E-state index contributed by atoms with van der Waals surface area (Å²) >= 11 is 0. The molecule has 0 aliphatic carbocycles. The zero-order chi connectivity index (χ0) is 23.4. The minimum absolute atomic E-state index is 0.0333. The van der Waals surface area contributed by atoms with Crippen LogP contribution in [0.15, 0.2) is 71.3 Å². The first-order valence-electron chi connectivity index (χ1n) is 10.1. The van der Waals surface area contributed by atoms with Crippen molar-refractivity contribution >= 4 is 11.0 Å². The van der Waals surface area contributed by atoms with Crippen molar-refractivity contribution in [2.45, 2.75) is 18.8 Å². The second kappa shape index (κ2) is 9.60. The van der Waals surface area contributed by atoms with Gasteiger partial charge in [0, 0.05) is 30.1 Å². The molecule has 9 heteroatoms.